The highest BCUT2D eigenvalue weighted by atomic mass is 35.5. The third-order valence-electron chi connectivity index (χ3n) is 29.1. The smallest absolute Gasteiger partial charge is 0.244 e. The first-order chi connectivity index (χ1) is 70.4. The second-order valence-corrected chi connectivity index (χ2v) is 58.9. The standard InChI is InChI=1S/C26H37N3O2Si.3C26H35N3O2Si.C7H8O3S.CH4O3S.ClH/c4*1-4-32(5-2)21(3)29(23-13-8-9-14-24(23)32)26(31)15-7-6-10-19-28-25(30)17-16-22-12-11-18-27-20-22;1-6-2-4-7(5-3-6)11(8,9)10;1-3-4-5-2;/h8-9,11-14,18,20-21H,4-7,10,15-17,19H2,1-3H3,(H,28,30);3*8-9,11-14,16-18,20-21H,4-7,10,15,19H2,1-3H3,(H,28,30);2-5H,1H3,(H,8,9,10);2H,1H3;1H/b;3*17-16+;;;/i16D,17D;;;;;;. The molecule has 8 heterocycles. The number of hydrogen-bond donors (Lipinski definition) is 4. The summed E-state index contributed by atoms with van der Waals surface area (Å²) >= 11 is -0.0706. The normalized spacial score (nSPS) is 16.6. The van der Waals surface area contributed by atoms with Crippen molar-refractivity contribution >= 4 is 164 Å². The van der Waals surface area contributed by atoms with Crippen LogP contribution in [0.5, 0.6) is 0 Å². The summed E-state index contributed by atoms with van der Waals surface area (Å²) in [5.41, 5.74) is 10.1. The molecule has 33 heteroatoms. The van der Waals surface area contributed by atoms with E-state index in [9.17, 15) is 51.3 Å². The zero-order chi connectivity index (χ0) is 106. The lowest BCUT2D eigenvalue weighted by Gasteiger charge is -2.33. The number of aromatic nitrogens is 4. The summed E-state index contributed by atoms with van der Waals surface area (Å²) in [6.45, 7) is 31.4. The van der Waals surface area contributed by atoms with E-state index in [2.05, 4.69) is 244 Å². The third-order valence-corrected chi connectivity index (χ3v) is 53.7. The quantitative estimate of drug-likeness (QED) is 0.00524. The van der Waals surface area contributed by atoms with Gasteiger partial charge in [0.25, 0.3) is 0 Å². The Morgan fingerprint density at radius 2 is 0.717 bits per heavy atom. The molecule has 9 aromatic rings. The number of aromatic amines is 3. The first-order valence-electron chi connectivity index (χ1n) is 52.5. The van der Waals surface area contributed by atoms with Gasteiger partial charge in [0, 0.05) is 172 Å². The monoisotopic (exact) mass is 2110 g/mol. The van der Waals surface area contributed by atoms with Crippen LogP contribution in [0.4, 0.5) is 22.7 Å². The van der Waals surface area contributed by atoms with E-state index in [0.29, 0.717) is 74.4 Å². The van der Waals surface area contributed by atoms with Gasteiger partial charge in [-0.05, 0) is 198 Å². The Hall–Kier alpha value is -11.0. The maximum absolute atomic E-state index is 13.2. The van der Waals surface area contributed by atoms with E-state index < -0.39 is 61.1 Å². The highest BCUT2D eigenvalue weighted by Crippen LogP contribution is 2.41. The van der Waals surface area contributed by atoms with Gasteiger partial charge in [-0.15, -0.1) is 0 Å². The fourth-order valence-electron chi connectivity index (χ4n) is 20.7. The number of rotatable bonds is 44. The Kier molecular flexibility index (Phi) is 50.9. The maximum atomic E-state index is 13.2. The van der Waals surface area contributed by atoms with E-state index in [4.69, 9.17) is 7.29 Å². The Morgan fingerprint density at radius 3 is 0.966 bits per heavy atom. The largest absolute Gasteiger partial charge is 1.00 e. The van der Waals surface area contributed by atoms with Crippen molar-refractivity contribution in [3.8, 4) is 0 Å². The lowest BCUT2D eigenvalue weighted by atomic mass is 10.1. The van der Waals surface area contributed by atoms with Crippen LogP contribution in [0.2, 0.25) is 48.4 Å². The molecule has 6 unspecified atom stereocenters. The Morgan fingerprint density at radius 1 is 0.421 bits per heavy atom. The molecule has 0 saturated heterocycles. The van der Waals surface area contributed by atoms with Gasteiger partial charge in [0.05, 0.1) is 12.0 Å². The Labute approximate surface area is 878 Å². The molecule has 0 bridgehead atoms. The zero-order valence-corrected chi connectivity index (χ0v) is 93.5. The number of carbonyl (C=O) groups excluding carboxylic acids is 8. The van der Waals surface area contributed by atoms with Gasteiger partial charge in [-0.2, -0.15) is 4.33 Å². The predicted molar refractivity (Wildman–Crippen MR) is 589 cm³/mol. The van der Waals surface area contributed by atoms with Crippen molar-refractivity contribution in [3.63, 3.8) is 0 Å². The number of aryl methyl sites for hydroxylation is 2. The van der Waals surface area contributed by atoms with Crippen LogP contribution in [0.1, 0.15) is 223 Å². The van der Waals surface area contributed by atoms with Crippen molar-refractivity contribution in [2.45, 2.75) is 281 Å². The van der Waals surface area contributed by atoms with Crippen molar-refractivity contribution in [3.05, 3.63) is 265 Å². The minimum absolute atomic E-state index is 0. The summed E-state index contributed by atoms with van der Waals surface area (Å²) in [5, 5.41) is 17.3. The first kappa shape index (κ1) is 118. The number of benzene rings is 5. The van der Waals surface area contributed by atoms with Gasteiger partial charge >= 0.3 is 0 Å². The van der Waals surface area contributed by atoms with Crippen LogP contribution < -0.4 is 89.0 Å². The van der Waals surface area contributed by atoms with Crippen molar-refractivity contribution in [1.82, 2.24) is 26.3 Å². The second-order valence-electron chi connectivity index (χ2n) is 36.9. The minimum Gasteiger partial charge on any atom is -1.00 e. The van der Waals surface area contributed by atoms with Gasteiger partial charge in [0.15, 0.2) is 37.2 Å². The van der Waals surface area contributed by atoms with Crippen LogP contribution in [0.25, 0.3) is 18.2 Å². The summed E-state index contributed by atoms with van der Waals surface area (Å²) in [6.07, 6.45) is 34.5. The van der Waals surface area contributed by atoms with Crippen molar-refractivity contribution in [1.29, 1.82) is 0 Å². The fourth-order valence-corrected chi connectivity index (χ4v) is 40.5. The van der Waals surface area contributed by atoms with Crippen LogP contribution in [-0.2, 0) is 64.1 Å². The molecule has 0 spiro atoms. The van der Waals surface area contributed by atoms with E-state index in [0.717, 1.165) is 134 Å². The molecule has 0 saturated carbocycles. The minimum atomic E-state index is -4.27. The van der Waals surface area contributed by atoms with Gasteiger partial charge in [0.2, 0.25) is 47.3 Å². The lowest BCUT2D eigenvalue weighted by Crippen LogP contribution is -3.00. The number of halogens is 1. The van der Waals surface area contributed by atoms with E-state index in [1.54, 1.807) is 66.9 Å². The van der Waals surface area contributed by atoms with E-state index >= 15 is 0 Å². The van der Waals surface area contributed by atoms with Crippen LogP contribution in [0.15, 0.2) is 243 Å². The highest BCUT2D eigenvalue weighted by Gasteiger charge is 2.54. The lowest BCUT2D eigenvalue weighted by molar-refractivity contribution is -0.378. The predicted octanol–water partition coefficient (Wildman–Crippen LogP) is 14.2. The fraction of sp³-hybridized carbons (Fsp3) is 0.429. The van der Waals surface area contributed by atoms with Crippen molar-refractivity contribution in [2.75, 3.05) is 52.9 Å². The number of amides is 8. The number of fused-ring (bicyclic) bond motifs is 4. The molecule has 5 aromatic carbocycles. The molecule has 0 fully saturated rings. The molecule has 26 nitrogen and oxygen atoms in total. The van der Waals surface area contributed by atoms with Crippen LogP contribution in [0.3, 0.4) is 0 Å². The Bertz CT molecular complexity index is 5440. The van der Waals surface area contributed by atoms with Gasteiger partial charge < -0.3 is 62.4 Å². The van der Waals surface area contributed by atoms with E-state index in [1.165, 1.54) is 82.5 Å². The molecule has 8 amide bonds. The van der Waals surface area contributed by atoms with Gasteiger partial charge in [-0.3, -0.25) is 43.3 Å². The highest BCUT2D eigenvalue weighted by molar-refractivity contribution is 7.88. The average Bonchev–Trinajstić information content (AvgIpc) is 1.60. The summed E-state index contributed by atoms with van der Waals surface area (Å²) in [6, 6.07) is 64.1. The summed E-state index contributed by atoms with van der Waals surface area (Å²) < 4.78 is 60.1. The second kappa shape index (κ2) is 62.8. The van der Waals surface area contributed by atoms with E-state index in [1.807, 2.05) is 86.6 Å². The SMILES string of the molecule is CC[Si]1(CC)c2ccccc2N(C(=O)CCCCCNC(=O)/C=C/c2ccc[nH+]c2)C1C.CC[Si]1(CC)c2ccccc2N(C(=O)CCCCCNC(=O)/C=C/c2ccc[nH+]c2)C1C.CC[Si]1(CC)c2ccccc2N(C(=O)CCCCCNC(=O)/C=C/c2ccc[nH+]c2)C1C.COOS[O-].Cc1ccc(S(=O)(=O)[O-])cc1.[2H]C(C(=O)NCCCCCC(=O)N1c2ccccc2[Si](CC)(CC)C1C)C([2H])c1cccnc1.[Cl-]. The van der Waals surface area contributed by atoms with Gasteiger partial charge in [-0.25, -0.2) is 28.3 Å². The molecule has 782 valence electrons. The topological polar surface area (TPSA) is 352 Å². The number of para-hydroxylation sites is 4. The Balaban J connectivity index is 0.000000251. The molecule has 4 aromatic heterocycles. The van der Waals surface area contributed by atoms with Crippen LogP contribution in [0, 0.1) is 6.92 Å². The molecule has 13 rings (SSSR count). The molecule has 6 atom stereocenters. The molecule has 145 heavy (non-hydrogen) atoms. The molecule has 0 aliphatic carbocycles. The van der Waals surface area contributed by atoms with Crippen molar-refractivity contribution < 1.29 is 95.2 Å². The number of pyridine rings is 4. The number of unbranched alkanes of at least 4 members (excludes halogenated alkanes) is 8. The number of H-pyrrole nitrogens is 3. The zero-order valence-electron chi connectivity index (χ0n) is 89.2. The van der Waals surface area contributed by atoms with Crippen LogP contribution >= 0.6 is 12.3 Å². The third kappa shape index (κ3) is 34.0. The number of nitrogens with zero attached hydrogens (tertiary/aromatic N) is 5. The molecular weight excluding hydrogens is 1950 g/mol. The first-order valence-corrected chi connectivity index (χ1v) is 63.4. The van der Waals surface area contributed by atoms with E-state index in [-0.39, 0.29) is 76.6 Å². The molecule has 7 N–H and O–H groups in total. The summed E-state index contributed by atoms with van der Waals surface area (Å²) in [7, 11) is -9.79. The number of hydrogen-bond acceptors (Lipinski definition) is 16. The average molecular weight is 2110 g/mol. The van der Waals surface area contributed by atoms with Gasteiger partial charge in [-0.1, -0.05) is 238 Å². The number of nitrogens with one attached hydrogen (secondary N) is 7. The molecule has 0 radical (unpaired) electrons. The molecule has 4 aliphatic rings. The van der Waals surface area contributed by atoms with Crippen molar-refractivity contribution in [2.24, 2.45) is 0 Å². The number of carbonyl (C=O) groups is 8. The maximum Gasteiger partial charge on any atom is 0.244 e. The molecular formula is C112H155ClN12O14S2Si4. The molecule has 4 aliphatic heterocycles. The van der Waals surface area contributed by atoms with Crippen LogP contribution in [-0.4, -0.2) is 158 Å². The van der Waals surface area contributed by atoms with Gasteiger partial charge in [0.1, 0.15) is 42.4 Å². The number of anilines is 4. The summed E-state index contributed by atoms with van der Waals surface area (Å²) in [5.74, 6) is 0.213. The summed E-state index contributed by atoms with van der Waals surface area (Å²) in [4.78, 5) is 126.